The molecule has 2 aliphatic carbocycles. The molecule has 4 heteroatoms. The van der Waals surface area contributed by atoms with E-state index in [-0.39, 0.29) is 11.6 Å². The van der Waals surface area contributed by atoms with Gasteiger partial charge in [-0.2, -0.15) is 0 Å². The van der Waals surface area contributed by atoms with Crippen LogP contribution in [-0.4, -0.2) is 24.2 Å². The second-order valence-corrected chi connectivity index (χ2v) is 6.09. The molecule has 2 atom stereocenters. The molecule has 0 aliphatic heterocycles. The molecule has 2 saturated carbocycles. The molecule has 2 amide bonds. The smallest absolute Gasteiger partial charge is 0.315 e. The first kappa shape index (κ1) is 13.7. The molecule has 0 spiro atoms. The number of carbonyl (C=O) groups is 1. The molecule has 2 fully saturated rings. The predicted octanol–water partition coefficient (Wildman–Crippen LogP) is 2.14. The van der Waals surface area contributed by atoms with E-state index in [1.165, 1.54) is 32.1 Å². The van der Waals surface area contributed by atoms with E-state index in [1.807, 2.05) is 0 Å². The lowest BCUT2D eigenvalue weighted by atomic mass is 9.73. The van der Waals surface area contributed by atoms with Crippen molar-refractivity contribution in [2.24, 2.45) is 11.7 Å². The van der Waals surface area contributed by atoms with Gasteiger partial charge in [0.05, 0.1) is 5.54 Å². The lowest BCUT2D eigenvalue weighted by Crippen LogP contribution is -2.61. The number of urea groups is 1. The third-order valence-corrected chi connectivity index (χ3v) is 4.87. The van der Waals surface area contributed by atoms with Crippen molar-refractivity contribution in [3.05, 3.63) is 0 Å². The molecule has 2 unspecified atom stereocenters. The second kappa shape index (κ2) is 5.91. The highest BCUT2D eigenvalue weighted by Crippen LogP contribution is 2.32. The van der Waals surface area contributed by atoms with Crippen LogP contribution in [0.3, 0.4) is 0 Å². The minimum Gasteiger partial charge on any atom is -0.335 e. The van der Waals surface area contributed by atoms with Gasteiger partial charge in [-0.25, -0.2) is 4.79 Å². The number of carbonyl (C=O) groups excluding carboxylic acids is 1. The quantitative estimate of drug-likeness (QED) is 0.721. The Kier molecular flexibility index (Phi) is 4.49. The zero-order chi connectivity index (χ0) is 13.0. The van der Waals surface area contributed by atoms with Crippen molar-refractivity contribution in [2.45, 2.75) is 69.9 Å². The van der Waals surface area contributed by atoms with Crippen LogP contribution in [0.15, 0.2) is 0 Å². The first-order valence-electron chi connectivity index (χ1n) is 7.45. The van der Waals surface area contributed by atoms with E-state index in [1.54, 1.807) is 0 Å². The first-order chi connectivity index (χ1) is 8.66. The molecule has 0 saturated heterocycles. The standard InChI is InChI=1S/C14H27N3O/c1-11-6-4-5-9-14(11,10-15)17-13(18)16-12-7-2-3-8-12/h11-12H,2-10,15H2,1H3,(H2,16,17,18). The van der Waals surface area contributed by atoms with Gasteiger partial charge in [0.15, 0.2) is 0 Å². The highest BCUT2D eigenvalue weighted by atomic mass is 16.2. The lowest BCUT2D eigenvalue weighted by Gasteiger charge is -2.42. The van der Waals surface area contributed by atoms with E-state index in [2.05, 4.69) is 17.6 Å². The van der Waals surface area contributed by atoms with Crippen molar-refractivity contribution >= 4 is 6.03 Å². The SMILES string of the molecule is CC1CCCCC1(CN)NC(=O)NC1CCCC1. The van der Waals surface area contributed by atoms with Gasteiger partial charge in [0.1, 0.15) is 0 Å². The third-order valence-electron chi connectivity index (χ3n) is 4.87. The Morgan fingerprint density at radius 2 is 1.89 bits per heavy atom. The van der Waals surface area contributed by atoms with Crippen LogP contribution in [0.5, 0.6) is 0 Å². The molecule has 18 heavy (non-hydrogen) atoms. The molecule has 0 heterocycles. The first-order valence-corrected chi connectivity index (χ1v) is 7.45. The van der Waals surface area contributed by atoms with Gasteiger partial charge in [-0.1, -0.05) is 32.6 Å². The van der Waals surface area contributed by atoms with Crippen LogP contribution >= 0.6 is 0 Å². The van der Waals surface area contributed by atoms with Crippen LogP contribution in [0.4, 0.5) is 4.79 Å². The Labute approximate surface area is 110 Å². The molecular weight excluding hydrogens is 226 g/mol. The molecular formula is C14H27N3O. The Hall–Kier alpha value is -0.770. The largest absolute Gasteiger partial charge is 0.335 e. The summed E-state index contributed by atoms with van der Waals surface area (Å²) in [5.74, 6) is 0.477. The van der Waals surface area contributed by atoms with Gasteiger partial charge in [0.2, 0.25) is 0 Å². The van der Waals surface area contributed by atoms with Crippen molar-refractivity contribution in [3.8, 4) is 0 Å². The highest BCUT2D eigenvalue weighted by molar-refractivity contribution is 5.75. The van der Waals surface area contributed by atoms with E-state index in [0.717, 1.165) is 19.3 Å². The molecule has 0 radical (unpaired) electrons. The predicted molar refractivity (Wildman–Crippen MR) is 73.3 cm³/mol. The summed E-state index contributed by atoms with van der Waals surface area (Å²) in [6.07, 6.45) is 9.34. The second-order valence-electron chi connectivity index (χ2n) is 6.09. The average Bonchev–Trinajstić information content (AvgIpc) is 2.85. The third kappa shape index (κ3) is 2.97. The minimum absolute atomic E-state index is 0.0129. The van der Waals surface area contributed by atoms with Crippen LogP contribution in [0.2, 0.25) is 0 Å². The number of nitrogens with two attached hydrogens (primary N) is 1. The lowest BCUT2D eigenvalue weighted by molar-refractivity contribution is 0.159. The van der Waals surface area contributed by atoms with Gasteiger partial charge in [-0.05, 0) is 31.6 Å². The highest BCUT2D eigenvalue weighted by Gasteiger charge is 2.38. The van der Waals surface area contributed by atoms with Crippen LogP contribution in [0.1, 0.15) is 58.3 Å². The monoisotopic (exact) mass is 253 g/mol. The Balaban J connectivity index is 1.90. The van der Waals surface area contributed by atoms with Crippen LogP contribution < -0.4 is 16.4 Å². The maximum absolute atomic E-state index is 12.1. The Morgan fingerprint density at radius 3 is 2.50 bits per heavy atom. The normalized spacial score (nSPS) is 33.3. The topological polar surface area (TPSA) is 67.1 Å². The van der Waals surface area contributed by atoms with E-state index >= 15 is 0 Å². The number of hydrogen-bond donors (Lipinski definition) is 3. The van der Waals surface area contributed by atoms with Gasteiger partial charge in [0, 0.05) is 12.6 Å². The number of rotatable bonds is 3. The summed E-state index contributed by atoms with van der Waals surface area (Å²) < 4.78 is 0. The van der Waals surface area contributed by atoms with Gasteiger partial charge < -0.3 is 16.4 Å². The fraction of sp³-hybridized carbons (Fsp3) is 0.929. The fourth-order valence-electron chi connectivity index (χ4n) is 3.47. The van der Waals surface area contributed by atoms with Crippen molar-refractivity contribution in [2.75, 3.05) is 6.54 Å². The van der Waals surface area contributed by atoms with Crippen molar-refractivity contribution in [1.29, 1.82) is 0 Å². The maximum Gasteiger partial charge on any atom is 0.315 e. The number of nitrogens with one attached hydrogen (secondary N) is 2. The molecule has 0 aromatic rings. The molecule has 0 aromatic heterocycles. The van der Waals surface area contributed by atoms with E-state index in [0.29, 0.717) is 18.5 Å². The average molecular weight is 253 g/mol. The van der Waals surface area contributed by atoms with Crippen molar-refractivity contribution in [1.82, 2.24) is 10.6 Å². The van der Waals surface area contributed by atoms with E-state index < -0.39 is 0 Å². The van der Waals surface area contributed by atoms with E-state index in [4.69, 9.17) is 5.73 Å². The molecule has 0 bridgehead atoms. The van der Waals surface area contributed by atoms with Crippen molar-refractivity contribution in [3.63, 3.8) is 0 Å². The summed E-state index contributed by atoms with van der Waals surface area (Å²) in [4.78, 5) is 12.1. The molecule has 2 aliphatic rings. The summed E-state index contributed by atoms with van der Waals surface area (Å²) in [6, 6.07) is 0.361. The summed E-state index contributed by atoms with van der Waals surface area (Å²) in [5, 5.41) is 6.28. The maximum atomic E-state index is 12.1. The molecule has 4 nitrogen and oxygen atoms in total. The summed E-state index contributed by atoms with van der Waals surface area (Å²) in [5.41, 5.74) is 5.76. The van der Waals surface area contributed by atoms with Crippen LogP contribution in [0, 0.1) is 5.92 Å². The van der Waals surface area contributed by atoms with Gasteiger partial charge in [0.25, 0.3) is 0 Å². The molecule has 104 valence electrons. The van der Waals surface area contributed by atoms with Crippen LogP contribution in [0.25, 0.3) is 0 Å². The fourth-order valence-corrected chi connectivity index (χ4v) is 3.47. The van der Waals surface area contributed by atoms with Crippen LogP contribution in [-0.2, 0) is 0 Å². The van der Waals surface area contributed by atoms with Gasteiger partial charge in [-0.15, -0.1) is 0 Å². The number of amides is 2. The van der Waals surface area contributed by atoms with E-state index in [9.17, 15) is 4.79 Å². The molecule has 0 aromatic carbocycles. The Bertz CT molecular complexity index is 289. The summed E-state index contributed by atoms with van der Waals surface area (Å²) in [7, 11) is 0. The number of hydrogen-bond acceptors (Lipinski definition) is 2. The summed E-state index contributed by atoms with van der Waals surface area (Å²) in [6.45, 7) is 2.76. The van der Waals surface area contributed by atoms with Gasteiger partial charge >= 0.3 is 6.03 Å². The molecule has 4 N–H and O–H groups in total. The zero-order valence-corrected chi connectivity index (χ0v) is 11.5. The van der Waals surface area contributed by atoms with Crippen molar-refractivity contribution < 1.29 is 4.79 Å². The minimum atomic E-state index is -0.180. The Morgan fingerprint density at radius 1 is 1.22 bits per heavy atom. The zero-order valence-electron chi connectivity index (χ0n) is 11.5. The summed E-state index contributed by atoms with van der Waals surface area (Å²) >= 11 is 0. The van der Waals surface area contributed by atoms with Gasteiger partial charge in [-0.3, -0.25) is 0 Å². The molecule has 2 rings (SSSR count).